The van der Waals surface area contributed by atoms with Gasteiger partial charge in [-0.3, -0.25) is 4.79 Å². The molecule has 1 amide bonds. The first-order valence-corrected chi connectivity index (χ1v) is 7.90. The zero-order chi connectivity index (χ0) is 17.7. The second kappa shape index (κ2) is 7.86. The Kier molecular flexibility index (Phi) is 5.84. The first-order chi connectivity index (χ1) is 11.4. The smallest absolute Gasteiger partial charge is 0.326 e. The monoisotopic (exact) mass is 333 g/mol. The number of amides is 1. The van der Waals surface area contributed by atoms with Crippen LogP contribution in [0.5, 0.6) is 11.5 Å². The van der Waals surface area contributed by atoms with E-state index in [0.29, 0.717) is 17.9 Å². The Labute approximate surface area is 141 Å². The van der Waals surface area contributed by atoms with E-state index in [9.17, 15) is 14.7 Å². The Morgan fingerprint density at radius 3 is 2.67 bits per heavy atom. The fraction of sp³-hybridized carbons (Fsp3) is 0.444. The van der Waals surface area contributed by atoms with E-state index >= 15 is 0 Å². The Balaban J connectivity index is 1.97. The van der Waals surface area contributed by atoms with Crippen LogP contribution < -0.4 is 9.47 Å². The number of aliphatic carboxylic acids is 1. The van der Waals surface area contributed by atoms with Gasteiger partial charge in [-0.1, -0.05) is 19.9 Å². The van der Waals surface area contributed by atoms with Crippen molar-refractivity contribution < 1.29 is 24.2 Å². The molecule has 1 aliphatic rings. The average molecular weight is 333 g/mol. The normalized spacial score (nSPS) is 15.4. The Morgan fingerprint density at radius 1 is 1.33 bits per heavy atom. The summed E-state index contributed by atoms with van der Waals surface area (Å²) in [6.07, 6.45) is 1.90. The van der Waals surface area contributed by atoms with E-state index in [4.69, 9.17) is 9.47 Å². The van der Waals surface area contributed by atoms with Crippen molar-refractivity contribution in [1.82, 2.24) is 4.90 Å². The summed E-state index contributed by atoms with van der Waals surface area (Å²) in [6.45, 7) is 4.41. The van der Waals surface area contributed by atoms with E-state index in [-0.39, 0.29) is 25.0 Å². The van der Waals surface area contributed by atoms with Crippen molar-refractivity contribution in [2.24, 2.45) is 5.92 Å². The quantitative estimate of drug-likeness (QED) is 0.790. The first-order valence-electron chi connectivity index (χ1n) is 7.90. The molecule has 0 radical (unpaired) electrons. The van der Waals surface area contributed by atoms with Crippen LogP contribution in [0.1, 0.15) is 20.3 Å². The Morgan fingerprint density at radius 2 is 2.04 bits per heavy atom. The van der Waals surface area contributed by atoms with Crippen molar-refractivity contribution >= 4 is 11.9 Å². The highest BCUT2D eigenvalue weighted by atomic mass is 16.5. The fourth-order valence-corrected chi connectivity index (χ4v) is 2.63. The van der Waals surface area contributed by atoms with Crippen LogP contribution in [0.3, 0.4) is 0 Å². The molecule has 1 aromatic carbocycles. The van der Waals surface area contributed by atoms with E-state index in [1.54, 1.807) is 19.2 Å². The summed E-state index contributed by atoms with van der Waals surface area (Å²) in [7, 11) is 1.58. The molecule has 1 atom stereocenters. The van der Waals surface area contributed by atoms with E-state index in [1.807, 2.05) is 26.0 Å². The van der Waals surface area contributed by atoms with Gasteiger partial charge in [-0.05, 0) is 30.0 Å². The third-order valence-electron chi connectivity index (χ3n) is 3.81. The highest BCUT2D eigenvalue weighted by Gasteiger charge is 2.33. The van der Waals surface area contributed by atoms with Gasteiger partial charge in [-0.15, -0.1) is 0 Å². The molecule has 1 heterocycles. The van der Waals surface area contributed by atoms with Crippen LogP contribution in [-0.2, 0) is 9.59 Å². The maximum Gasteiger partial charge on any atom is 0.326 e. The van der Waals surface area contributed by atoms with Crippen LogP contribution in [-0.4, -0.2) is 48.2 Å². The van der Waals surface area contributed by atoms with Gasteiger partial charge in [0.1, 0.15) is 24.1 Å². The van der Waals surface area contributed by atoms with Gasteiger partial charge in [0, 0.05) is 18.7 Å². The SMILES string of the molecule is COc1cccc(OCC2=CC(=O)N([C@@H](CC(C)C)C(=O)O)C2)c1. The summed E-state index contributed by atoms with van der Waals surface area (Å²) in [5, 5.41) is 9.39. The van der Waals surface area contributed by atoms with Crippen LogP contribution in [0.2, 0.25) is 0 Å². The molecule has 0 aliphatic carbocycles. The van der Waals surface area contributed by atoms with Crippen LogP contribution in [0, 0.1) is 5.92 Å². The number of carbonyl (C=O) groups is 2. The summed E-state index contributed by atoms with van der Waals surface area (Å²) >= 11 is 0. The van der Waals surface area contributed by atoms with E-state index in [1.165, 1.54) is 11.0 Å². The lowest BCUT2D eigenvalue weighted by Crippen LogP contribution is -2.43. The van der Waals surface area contributed by atoms with Gasteiger partial charge in [0.15, 0.2) is 0 Å². The highest BCUT2D eigenvalue weighted by Crippen LogP contribution is 2.22. The number of ether oxygens (including phenoxy) is 2. The lowest BCUT2D eigenvalue weighted by molar-refractivity contribution is -0.148. The third-order valence-corrected chi connectivity index (χ3v) is 3.81. The zero-order valence-corrected chi connectivity index (χ0v) is 14.2. The van der Waals surface area contributed by atoms with Gasteiger partial charge < -0.3 is 19.5 Å². The van der Waals surface area contributed by atoms with Crippen molar-refractivity contribution in [2.45, 2.75) is 26.3 Å². The van der Waals surface area contributed by atoms with Crippen LogP contribution >= 0.6 is 0 Å². The van der Waals surface area contributed by atoms with Gasteiger partial charge in [0.2, 0.25) is 5.91 Å². The molecule has 0 saturated heterocycles. The number of hydrogen-bond donors (Lipinski definition) is 1. The molecule has 0 fully saturated rings. The number of carbonyl (C=O) groups excluding carboxylic acids is 1. The second-order valence-electron chi connectivity index (χ2n) is 6.22. The maximum absolute atomic E-state index is 12.1. The maximum atomic E-state index is 12.1. The Bertz CT molecular complexity index is 638. The lowest BCUT2D eigenvalue weighted by atomic mass is 10.0. The lowest BCUT2D eigenvalue weighted by Gasteiger charge is -2.26. The van der Waals surface area contributed by atoms with Crippen molar-refractivity contribution in [3.8, 4) is 11.5 Å². The minimum absolute atomic E-state index is 0.191. The van der Waals surface area contributed by atoms with Crippen LogP contribution in [0.4, 0.5) is 0 Å². The van der Waals surface area contributed by atoms with Gasteiger partial charge >= 0.3 is 5.97 Å². The molecule has 0 aromatic heterocycles. The molecule has 24 heavy (non-hydrogen) atoms. The largest absolute Gasteiger partial charge is 0.497 e. The standard InChI is InChI=1S/C18H23NO5/c1-12(2)7-16(18(21)22)19-10-13(8-17(19)20)11-24-15-6-4-5-14(9-15)23-3/h4-6,8-9,12,16H,7,10-11H2,1-3H3,(H,21,22)/t16-/m0/s1. The molecule has 1 N–H and O–H groups in total. The van der Waals surface area contributed by atoms with Gasteiger partial charge in [0.05, 0.1) is 7.11 Å². The number of carboxylic acid groups (broad SMARTS) is 1. The molecule has 0 unspecified atom stereocenters. The average Bonchev–Trinajstić information content (AvgIpc) is 2.91. The van der Waals surface area contributed by atoms with Crippen molar-refractivity contribution in [3.05, 3.63) is 35.9 Å². The van der Waals surface area contributed by atoms with Crippen LogP contribution in [0.25, 0.3) is 0 Å². The molecule has 130 valence electrons. The molecule has 0 spiro atoms. The van der Waals surface area contributed by atoms with Gasteiger partial charge in [0.25, 0.3) is 0 Å². The molecule has 0 bridgehead atoms. The summed E-state index contributed by atoms with van der Waals surface area (Å²) in [4.78, 5) is 25.0. The fourth-order valence-electron chi connectivity index (χ4n) is 2.63. The summed E-state index contributed by atoms with van der Waals surface area (Å²) in [5.74, 6) is 0.273. The second-order valence-corrected chi connectivity index (χ2v) is 6.22. The molecule has 1 aliphatic heterocycles. The van der Waals surface area contributed by atoms with Crippen LogP contribution in [0.15, 0.2) is 35.9 Å². The van der Waals surface area contributed by atoms with Crippen molar-refractivity contribution in [3.63, 3.8) is 0 Å². The number of hydrogen-bond acceptors (Lipinski definition) is 4. The Hall–Kier alpha value is -2.50. The molecule has 0 saturated carbocycles. The third kappa shape index (κ3) is 4.50. The molecule has 6 heteroatoms. The molecule has 6 nitrogen and oxygen atoms in total. The number of rotatable bonds is 8. The van der Waals surface area contributed by atoms with Gasteiger partial charge in [-0.25, -0.2) is 4.79 Å². The number of carboxylic acids is 1. The predicted octanol–water partition coefficient (Wildman–Crippen LogP) is 2.34. The first kappa shape index (κ1) is 17.8. The minimum atomic E-state index is -0.972. The highest BCUT2D eigenvalue weighted by molar-refractivity contribution is 5.94. The predicted molar refractivity (Wildman–Crippen MR) is 89.2 cm³/mol. The zero-order valence-electron chi connectivity index (χ0n) is 14.2. The summed E-state index contributed by atoms with van der Waals surface area (Å²) in [5.41, 5.74) is 0.762. The summed E-state index contributed by atoms with van der Waals surface area (Å²) in [6, 6.07) is 6.39. The van der Waals surface area contributed by atoms with Crippen molar-refractivity contribution in [1.29, 1.82) is 0 Å². The number of methoxy groups -OCH3 is 1. The van der Waals surface area contributed by atoms with E-state index < -0.39 is 12.0 Å². The number of benzene rings is 1. The minimum Gasteiger partial charge on any atom is -0.497 e. The molecular weight excluding hydrogens is 310 g/mol. The van der Waals surface area contributed by atoms with E-state index in [2.05, 4.69) is 0 Å². The van der Waals surface area contributed by atoms with Crippen molar-refractivity contribution in [2.75, 3.05) is 20.3 Å². The molecule has 2 rings (SSSR count). The van der Waals surface area contributed by atoms with Gasteiger partial charge in [-0.2, -0.15) is 0 Å². The summed E-state index contributed by atoms with van der Waals surface area (Å²) < 4.78 is 10.8. The topological polar surface area (TPSA) is 76.1 Å². The van der Waals surface area contributed by atoms with E-state index in [0.717, 1.165) is 5.57 Å². The molecule has 1 aromatic rings. The number of nitrogens with zero attached hydrogens (tertiary/aromatic N) is 1. The molecular formula is C18H23NO5.